The van der Waals surface area contributed by atoms with Crippen LogP contribution in [-0.4, -0.2) is 11.7 Å². The quantitative estimate of drug-likeness (QED) is 0.817. The molecule has 0 radical (unpaired) electrons. The summed E-state index contributed by atoms with van der Waals surface area (Å²) in [4.78, 5) is 0. The minimum absolute atomic E-state index is 0.287. The van der Waals surface area contributed by atoms with Crippen molar-refractivity contribution in [2.45, 2.75) is 44.6 Å². The normalized spacial score (nSPS) is 20.8. The lowest BCUT2D eigenvalue weighted by atomic mass is 9.73. The first-order chi connectivity index (χ1) is 9.10. The van der Waals surface area contributed by atoms with Gasteiger partial charge in [0.05, 0.1) is 6.10 Å². The largest absolute Gasteiger partial charge is 0.388 e. The summed E-state index contributed by atoms with van der Waals surface area (Å²) in [5.41, 5.74) is 6.35. The molecule has 4 heteroatoms. The second-order valence-corrected chi connectivity index (χ2v) is 6.33. The molecule has 106 valence electrons. The van der Waals surface area contributed by atoms with Gasteiger partial charge in [0.25, 0.3) is 0 Å². The molecule has 1 atom stereocenters. The van der Waals surface area contributed by atoms with Gasteiger partial charge in [-0.3, -0.25) is 0 Å². The summed E-state index contributed by atoms with van der Waals surface area (Å²) in [5.74, 6) is 0. The Morgan fingerprint density at radius 3 is 2.11 bits per heavy atom. The second-order valence-electron chi connectivity index (χ2n) is 5.52. The molecule has 3 N–H and O–H groups in total. The Labute approximate surface area is 124 Å². The zero-order chi connectivity index (χ0) is 13.9. The van der Waals surface area contributed by atoms with Gasteiger partial charge >= 0.3 is 0 Å². The Balaban J connectivity index is 2.36. The molecule has 0 spiro atoms. The van der Waals surface area contributed by atoms with Crippen LogP contribution in [0.1, 0.15) is 50.2 Å². The monoisotopic (exact) mass is 301 g/mol. The van der Waals surface area contributed by atoms with E-state index in [9.17, 15) is 5.11 Å². The molecular weight excluding hydrogens is 281 g/mol. The molecule has 2 nitrogen and oxygen atoms in total. The van der Waals surface area contributed by atoms with Gasteiger partial charge in [-0.05, 0) is 25.0 Å². The lowest BCUT2D eigenvalue weighted by Gasteiger charge is -2.37. The molecule has 0 aliphatic heterocycles. The molecule has 1 fully saturated rings. The predicted octanol–water partition coefficient (Wildman–Crippen LogP) is 4.33. The molecule has 1 aliphatic rings. The maximum atomic E-state index is 10.8. The minimum atomic E-state index is -0.684. The molecule has 1 aromatic carbocycles. The summed E-state index contributed by atoms with van der Waals surface area (Å²) in [6, 6.07) is 5.34. The van der Waals surface area contributed by atoms with Crippen LogP contribution in [0.3, 0.4) is 0 Å². The van der Waals surface area contributed by atoms with Gasteiger partial charge in [-0.1, -0.05) is 55.0 Å². The van der Waals surface area contributed by atoms with E-state index >= 15 is 0 Å². The molecule has 0 heterocycles. The minimum Gasteiger partial charge on any atom is -0.388 e. The molecule has 0 aromatic heterocycles. The van der Waals surface area contributed by atoms with Crippen molar-refractivity contribution in [3.63, 3.8) is 0 Å². The lowest BCUT2D eigenvalue weighted by Crippen LogP contribution is -2.36. The van der Waals surface area contributed by atoms with E-state index in [0.717, 1.165) is 25.7 Å². The van der Waals surface area contributed by atoms with Gasteiger partial charge in [0.1, 0.15) is 0 Å². The number of aliphatic hydroxyl groups is 1. The van der Waals surface area contributed by atoms with E-state index in [1.807, 2.05) is 0 Å². The van der Waals surface area contributed by atoms with Crippen molar-refractivity contribution in [1.29, 1.82) is 0 Å². The molecule has 0 amide bonds. The first-order valence-electron chi connectivity index (χ1n) is 6.93. The average Bonchev–Trinajstić information content (AvgIpc) is 2.64. The van der Waals surface area contributed by atoms with Crippen LogP contribution < -0.4 is 5.73 Å². The van der Waals surface area contributed by atoms with E-state index < -0.39 is 6.10 Å². The maximum absolute atomic E-state index is 10.8. The number of benzene rings is 1. The fourth-order valence-electron chi connectivity index (χ4n) is 3.10. The van der Waals surface area contributed by atoms with Crippen molar-refractivity contribution in [3.05, 3.63) is 33.8 Å². The van der Waals surface area contributed by atoms with Gasteiger partial charge in [0.2, 0.25) is 0 Å². The Kier molecular flexibility index (Phi) is 5.13. The molecule has 19 heavy (non-hydrogen) atoms. The summed E-state index contributed by atoms with van der Waals surface area (Å²) < 4.78 is 0. The number of halogens is 2. The Hall–Kier alpha value is -0.280. The van der Waals surface area contributed by atoms with E-state index in [1.165, 1.54) is 12.8 Å². The summed E-state index contributed by atoms with van der Waals surface area (Å²) in [6.45, 7) is 0.468. The van der Waals surface area contributed by atoms with Gasteiger partial charge in [0, 0.05) is 27.6 Å². The van der Waals surface area contributed by atoms with Gasteiger partial charge in [-0.2, -0.15) is 0 Å². The first-order valence-corrected chi connectivity index (χ1v) is 7.68. The molecular formula is C15H21Cl2NO. The highest BCUT2D eigenvalue weighted by atomic mass is 35.5. The van der Waals surface area contributed by atoms with E-state index in [0.29, 0.717) is 22.2 Å². The van der Waals surface area contributed by atoms with Crippen LogP contribution >= 0.6 is 23.2 Å². The zero-order valence-electron chi connectivity index (χ0n) is 11.0. The van der Waals surface area contributed by atoms with Crippen LogP contribution in [0.2, 0.25) is 10.0 Å². The van der Waals surface area contributed by atoms with Gasteiger partial charge in [-0.25, -0.2) is 0 Å². The summed E-state index contributed by atoms with van der Waals surface area (Å²) >= 11 is 12.4. The number of hydrogen-bond donors (Lipinski definition) is 2. The number of aliphatic hydroxyl groups excluding tert-OH is 1. The van der Waals surface area contributed by atoms with Crippen molar-refractivity contribution in [2.75, 3.05) is 6.54 Å². The van der Waals surface area contributed by atoms with E-state index in [4.69, 9.17) is 28.9 Å². The van der Waals surface area contributed by atoms with Gasteiger partial charge in [0.15, 0.2) is 0 Å². The smallest absolute Gasteiger partial charge is 0.0887 e. The van der Waals surface area contributed by atoms with E-state index in [1.54, 1.807) is 18.2 Å². The summed E-state index contributed by atoms with van der Waals surface area (Å²) in [7, 11) is 0. The van der Waals surface area contributed by atoms with Gasteiger partial charge in [-0.15, -0.1) is 0 Å². The molecule has 0 saturated heterocycles. The van der Waals surface area contributed by atoms with Crippen LogP contribution in [0.15, 0.2) is 18.2 Å². The summed E-state index contributed by atoms with van der Waals surface area (Å²) in [6.07, 6.45) is 5.83. The highest BCUT2D eigenvalue weighted by molar-refractivity contribution is 6.36. The van der Waals surface area contributed by atoms with Crippen LogP contribution in [0.4, 0.5) is 0 Å². The number of rotatable bonds is 3. The maximum Gasteiger partial charge on any atom is 0.0887 e. The van der Waals surface area contributed by atoms with Crippen molar-refractivity contribution in [3.8, 4) is 0 Å². The molecule has 1 aromatic rings. The molecule has 2 rings (SSSR count). The van der Waals surface area contributed by atoms with Gasteiger partial charge < -0.3 is 10.8 Å². The lowest BCUT2D eigenvalue weighted by molar-refractivity contribution is 0.0168. The Morgan fingerprint density at radius 2 is 1.63 bits per heavy atom. The SMILES string of the molecule is NCC1(C(O)c2c(Cl)cccc2Cl)CCCCCC1. The molecule has 0 bridgehead atoms. The average molecular weight is 302 g/mol. The highest BCUT2D eigenvalue weighted by Gasteiger charge is 2.39. The highest BCUT2D eigenvalue weighted by Crippen LogP contribution is 2.47. The van der Waals surface area contributed by atoms with Crippen LogP contribution in [0.5, 0.6) is 0 Å². The van der Waals surface area contributed by atoms with Crippen molar-refractivity contribution in [2.24, 2.45) is 11.1 Å². The zero-order valence-corrected chi connectivity index (χ0v) is 12.6. The van der Waals surface area contributed by atoms with Crippen LogP contribution in [-0.2, 0) is 0 Å². The Bertz CT molecular complexity index is 408. The third-order valence-corrected chi connectivity index (χ3v) is 5.02. The topological polar surface area (TPSA) is 46.2 Å². The van der Waals surface area contributed by atoms with Crippen LogP contribution in [0.25, 0.3) is 0 Å². The standard InChI is InChI=1S/C15H21Cl2NO/c16-11-6-5-7-12(17)13(11)14(19)15(10-18)8-3-1-2-4-9-15/h5-7,14,19H,1-4,8-10,18H2. The third-order valence-electron chi connectivity index (χ3n) is 4.36. The summed E-state index contributed by atoms with van der Waals surface area (Å²) in [5, 5.41) is 11.9. The van der Waals surface area contributed by atoms with Crippen molar-refractivity contribution < 1.29 is 5.11 Å². The fraction of sp³-hybridized carbons (Fsp3) is 0.600. The number of nitrogens with two attached hydrogens (primary N) is 1. The molecule has 1 aliphatic carbocycles. The molecule has 1 unspecified atom stereocenters. The number of hydrogen-bond acceptors (Lipinski definition) is 2. The molecule has 1 saturated carbocycles. The van der Waals surface area contributed by atoms with Crippen molar-refractivity contribution in [1.82, 2.24) is 0 Å². The van der Waals surface area contributed by atoms with Crippen molar-refractivity contribution >= 4 is 23.2 Å². The first kappa shape index (κ1) is 15.1. The Morgan fingerprint density at radius 1 is 1.11 bits per heavy atom. The van der Waals surface area contributed by atoms with E-state index in [2.05, 4.69) is 0 Å². The third kappa shape index (κ3) is 3.08. The predicted molar refractivity (Wildman–Crippen MR) is 80.6 cm³/mol. The van der Waals surface area contributed by atoms with E-state index in [-0.39, 0.29) is 5.41 Å². The second kappa shape index (κ2) is 6.45. The fourth-order valence-corrected chi connectivity index (χ4v) is 3.70. The van der Waals surface area contributed by atoms with Crippen LogP contribution in [0, 0.1) is 5.41 Å².